The molecule has 0 atom stereocenters. The number of aromatic nitrogens is 3. The highest BCUT2D eigenvalue weighted by Gasteiger charge is 2.16. The molecule has 0 saturated heterocycles. The summed E-state index contributed by atoms with van der Waals surface area (Å²) in [5.74, 6) is 1.15. The third kappa shape index (κ3) is 2.52. The Morgan fingerprint density at radius 3 is 2.88 bits per heavy atom. The first-order chi connectivity index (χ1) is 8.13. The highest BCUT2D eigenvalue weighted by atomic mass is 79.9. The molecule has 17 heavy (non-hydrogen) atoms. The number of thiazole rings is 1. The van der Waals surface area contributed by atoms with Gasteiger partial charge in [0.15, 0.2) is 0 Å². The van der Waals surface area contributed by atoms with Crippen LogP contribution < -0.4 is 4.90 Å². The summed E-state index contributed by atoms with van der Waals surface area (Å²) in [5.41, 5.74) is 5.27. The molecule has 2 aromatic rings. The Bertz CT molecular complexity index is 492. The molecule has 0 spiro atoms. The average molecular weight is 315 g/mol. The van der Waals surface area contributed by atoms with Gasteiger partial charge in [0.2, 0.25) is 0 Å². The Labute approximate surface area is 113 Å². The van der Waals surface area contributed by atoms with E-state index in [2.05, 4.69) is 43.3 Å². The molecule has 4 nitrogen and oxygen atoms in total. The van der Waals surface area contributed by atoms with E-state index >= 15 is 0 Å². The van der Waals surface area contributed by atoms with E-state index in [1.165, 1.54) is 5.56 Å². The van der Waals surface area contributed by atoms with Crippen molar-refractivity contribution in [3.8, 4) is 0 Å². The van der Waals surface area contributed by atoms with Gasteiger partial charge in [-0.25, -0.2) is 4.98 Å². The Hall–Kier alpha value is -0.880. The summed E-state index contributed by atoms with van der Waals surface area (Å²) in [6.45, 7) is 2.85. The maximum Gasteiger partial charge on any atom is 0.130 e. The van der Waals surface area contributed by atoms with Crippen molar-refractivity contribution < 1.29 is 0 Å². The predicted molar refractivity (Wildman–Crippen MR) is 74.8 cm³/mol. The summed E-state index contributed by atoms with van der Waals surface area (Å²) in [6, 6.07) is 0. The smallest absolute Gasteiger partial charge is 0.130 e. The van der Waals surface area contributed by atoms with Crippen molar-refractivity contribution in [2.45, 2.75) is 18.8 Å². The third-order valence-corrected chi connectivity index (χ3v) is 3.89. The van der Waals surface area contributed by atoms with Crippen LogP contribution in [0, 0.1) is 6.92 Å². The van der Waals surface area contributed by atoms with E-state index in [1.54, 1.807) is 11.3 Å². The first-order valence-corrected chi connectivity index (χ1v) is 7.36. The predicted octanol–water partition coefficient (Wildman–Crippen LogP) is 2.72. The van der Waals surface area contributed by atoms with Gasteiger partial charge in [-0.3, -0.25) is 4.68 Å². The molecule has 2 heterocycles. The van der Waals surface area contributed by atoms with E-state index in [0.29, 0.717) is 0 Å². The van der Waals surface area contributed by atoms with Crippen LogP contribution in [-0.4, -0.2) is 21.8 Å². The van der Waals surface area contributed by atoms with Gasteiger partial charge in [0.1, 0.15) is 5.82 Å². The molecule has 0 N–H and O–H groups in total. The van der Waals surface area contributed by atoms with Gasteiger partial charge >= 0.3 is 0 Å². The number of rotatable bonds is 4. The molecule has 0 saturated carbocycles. The van der Waals surface area contributed by atoms with Crippen molar-refractivity contribution in [2.75, 3.05) is 11.9 Å². The van der Waals surface area contributed by atoms with Crippen LogP contribution in [0.4, 0.5) is 5.82 Å². The van der Waals surface area contributed by atoms with E-state index in [1.807, 2.05) is 24.2 Å². The molecule has 0 amide bonds. The van der Waals surface area contributed by atoms with Crippen molar-refractivity contribution in [3.05, 3.63) is 27.8 Å². The highest BCUT2D eigenvalue weighted by Crippen LogP contribution is 2.25. The van der Waals surface area contributed by atoms with Crippen LogP contribution in [-0.2, 0) is 18.9 Å². The molecular formula is C11H15BrN4S. The van der Waals surface area contributed by atoms with E-state index in [4.69, 9.17) is 0 Å². The molecule has 0 radical (unpaired) electrons. The lowest BCUT2D eigenvalue weighted by atomic mass is 10.2. The van der Waals surface area contributed by atoms with Gasteiger partial charge < -0.3 is 4.90 Å². The standard InChI is InChI=1S/C11H15BrN4S/c1-8-10(4-12)11(16(3)14-8)15(2)5-9-6-17-7-13-9/h6-7H,4-5H2,1-3H3. The number of hydrogen-bond acceptors (Lipinski definition) is 4. The van der Waals surface area contributed by atoms with Gasteiger partial charge in [-0.15, -0.1) is 11.3 Å². The summed E-state index contributed by atoms with van der Waals surface area (Å²) in [4.78, 5) is 6.50. The molecule has 92 valence electrons. The number of anilines is 1. The summed E-state index contributed by atoms with van der Waals surface area (Å²) < 4.78 is 1.93. The number of halogens is 1. The highest BCUT2D eigenvalue weighted by molar-refractivity contribution is 9.08. The van der Waals surface area contributed by atoms with Gasteiger partial charge in [0.05, 0.1) is 23.4 Å². The lowest BCUT2D eigenvalue weighted by molar-refractivity contribution is 0.723. The van der Waals surface area contributed by atoms with Crippen molar-refractivity contribution in [2.24, 2.45) is 7.05 Å². The van der Waals surface area contributed by atoms with Gasteiger partial charge in [-0.2, -0.15) is 5.10 Å². The molecule has 0 aliphatic heterocycles. The van der Waals surface area contributed by atoms with Crippen LogP contribution in [0.1, 0.15) is 17.0 Å². The van der Waals surface area contributed by atoms with E-state index in [-0.39, 0.29) is 0 Å². The zero-order valence-corrected chi connectivity index (χ0v) is 12.5. The Morgan fingerprint density at radius 2 is 2.29 bits per heavy atom. The lowest BCUT2D eigenvalue weighted by Gasteiger charge is -2.19. The SMILES string of the molecule is Cc1nn(C)c(N(C)Cc2cscn2)c1CBr. The topological polar surface area (TPSA) is 34.0 Å². The molecule has 2 rings (SSSR count). The number of alkyl halides is 1. The fraction of sp³-hybridized carbons (Fsp3) is 0.455. The Morgan fingerprint density at radius 1 is 1.53 bits per heavy atom. The second-order valence-corrected chi connectivity index (χ2v) is 5.26. The Kier molecular flexibility index (Phi) is 3.83. The van der Waals surface area contributed by atoms with Gasteiger partial charge in [-0.1, -0.05) is 15.9 Å². The molecule has 0 bridgehead atoms. The van der Waals surface area contributed by atoms with Crippen molar-refractivity contribution in [1.29, 1.82) is 0 Å². The summed E-state index contributed by atoms with van der Waals surface area (Å²) in [5, 5.41) is 7.36. The van der Waals surface area contributed by atoms with Gasteiger partial charge in [0.25, 0.3) is 0 Å². The first-order valence-electron chi connectivity index (χ1n) is 5.30. The Balaban J connectivity index is 2.27. The summed E-state index contributed by atoms with van der Waals surface area (Å²) in [6.07, 6.45) is 0. The quantitative estimate of drug-likeness (QED) is 0.814. The fourth-order valence-corrected chi connectivity index (χ4v) is 3.16. The number of aryl methyl sites for hydroxylation is 2. The van der Waals surface area contributed by atoms with Crippen LogP contribution in [0.5, 0.6) is 0 Å². The maximum absolute atomic E-state index is 4.46. The second-order valence-electron chi connectivity index (χ2n) is 3.98. The number of nitrogens with zero attached hydrogens (tertiary/aromatic N) is 4. The van der Waals surface area contributed by atoms with Crippen LogP contribution in [0.2, 0.25) is 0 Å². The van der Waals surface area contributed by atoms with Crippen molar-refractivity contribution in [1.82, 2.24) is 14.8 Å². The monoisotopic (exact) mass is 314 g/mol. The fourth-order valence-electron chi connectivity index (χ4n) is 1.96. The summed E-state index contributed by atoms with van der Waals surface area (Å²) >= 11 is 5.15. The minimum Gasteiger partial charge on any atom is -0.354 e. The van der Waals surface area contributed by atoms with Crippen LogP contribution in [0.15, 0.2) is 10.9 Å². The molecule has 2 aromatic heterocycles. The molecule has 0 aliphatic rings. The normalized spacial score (nSPS) is 10.8. The van der Waals surface area contributed by atoms with Crippen molar-refractivity contribution in [3.63, 3.8) is 0 Å². The van der Waals surface area contributed by atoms with Gasteiger partial charge in [0, 0.05) is 30.4 Å². The first kappa shape index (κ1) is 12.6. The number of hydrogen-bond donors (Lipinski definition) is 0. The minimum atomic E-state index is 0.808. The van der Waals surface area contributed by atoms with E-state index in [0.717, 1.165) is 29.1 Å². The molecule has 0 aliphatic carbocycles. The molecule has 0 fully saturated rings. The molecule has 0 aromatic carbocycles. The molecular weight excluding hydrogens is 300 g/mol. The zero-order valence-electron chi connectivity index (χ0n) is 10.1. The average Bonchev–Trinajstić information content (AvgIpc) is 2.85. The second kappa shape index (κ2) is 5.18. The van der Waals surface area contributed by atoms with Crippen LogP contribution in [0.3, 0.4) is 0 Å². The van der Waals surface area contributed by atoms with E-state index < -0.39 is 0 Å². The maximum atomic E-state index is 4.46. The lowest BCUT2D eigenvalue weighted by Crippen LogP contribution is -2.20. The third-order valence-electron chi connectivity index (χ3n) is 2.69. The van der Waals surface area contributed by atoms with Crippen molar-refractivity contribution >= 4 is 33.1 Å². The van der Waals surface area contributed by atoms with E-state index in [9.17, 15) is 0 Å². The van der Waals surface area contributed by atoms with Crippen LogP contribution in [0.25, 0.3) is 0 Å². The molecule has 6 heteroatoms. The van der Waals surface area contributed by atoms with Crippen LogP contribution >= 0.6 is 27.3 Å². The molecule has 0 unspecified atom stereocenters. The zero-order chi connectivity index (χ0) is 12.4. The summed E-state index contributed by atoms with van der Waals surface area (Å²) in [7, 11) is 4.05. The minimum absolute atomic E-state index is 0.808. The largest absolute Gasteiger partial charge is 0.354 e. The van der Waals surface area contributed by atoms with Gasteiger partial charge in [-0.05, 0) is 6.92 Å².